The first-order valence-corrected chi connectivity index (χ1v) is 9.28. The van der Waals surface area contributed by atoms with E-state index in [9.17, 15) is 0 Å². The number of fused-ring (bicyclic) bond motifs is 1. The van der Waals surface area contributed by atoms with Crippen molar-refractivity contribution in [3.63, 3.8) is 0 Å². The lowest BCUT2D eigenvalue weighted by molar-refractivity contribution is 0.239. The second-order valence-corrected chi connectivity index (χ2v) is 7.06. The number of likely N-dealkylation sites (tertiary alicyclic amines) is 1. The van der Waals surface area contributed by atoms with Crippen molar-refractivity contribution in [2.75, 3.05) is 6.54 Å². The molecule has 1 aliphatic heterocycles. The van der Waals surface area contributed by atoms with Gasteiger partial charge in [0.1, 0.15) is 5.82 Å². The van der Waals surface area contributed by atoms with Crippen molar-refractivity contribution in [2.24, 2.45) is 0 Å². The molecule has 1 aromatic carbocycles. The molecule has 0 aliphatic carbocycles. The van der Waals surface area contributed by atoms with Crippen molar-refractivity contribution in [1.29, 1.82) is 0 Å². The number of aromatic amines is 1. The number of hydrogen-bond donors (Lipinski definition) is 1. The fourth-order valence-corrected chi connectivity index (χ4v) is 3.87. The van der Waals surface area contributed by atoms with Crippen LogP contribution in [0.5, 0.6) is 0 Å². The van der Waals surface area contributed by atoms with Gasteiger partial charge in [-0.3, -0.25) is 10.00 Å². The van der Waals surface area contributed by atoms with E-state index in [1.54, 1.807) is 0 Å². The highest BCUT2D eigenvalue weighted by Crippen LogP contribution is 2.31. The first kappa shape index (κ1) is 16.1. The summed E-state index contributed by atoms with van der Waals surface area (Å²) in [6.07, 6.45) is 8.17. The second kappa shape index (κ2) is 6.59. The lowest BCUT2D eigenvalue weighted by atomic mass is 10.1. The lowest BCUT2D eigenvalue weighted by Gasteiger charge is -2.21. The van der Waals surface area contributed by atoms with Crippen LogP contribution in [0.1, 0.15) is 36.1 Å². The van der Waals surface area contributed by atoms with Gasteiger partial charge in [0.05, 0.1) is 12.2 Å². The summed E-state index contributed by atoms with van der Waals surface area (Å²) in [6, 6.07) is 10.5. The van der Waals surface area contributed by atoms with Crippen molar-refractivity contribution < 1.29 is 0 Å². The molecule has 7 heteroatoms. The van der Waals surface area contributed by atoms with E-state index < -0.39 is 0 Å². The summed E-state index contributed by atoms with van der Waals surface area (Å²) in [5.74, 6) is 1.76. The maximum atomic E-state index is 4.70. The van der Waals surface area contributed by atoms with E-state index in [0.717, 1.165) is 59.9 Å². The molecule has 4 aromatic rings. The highest BCUT2D eigenvalue weighted by molar-refractivity contribution is 5.76. The Hall–Kier alpha value is -3.06. The van der Waals surface area contributed by atoms with E-state index in [-0.39, 0.29) is 6.04 Å². The number of rotatable bonds is 4. The van der Waals surface area contributed by atoms with Crippen LogP contribution in [0.2, 0.25) is 0 Å². The molecule has 0 amide bonds. The number of H-pyrrole nitrogens is 1. The monoisotopic (exact) mass is 359 g/mol. The maximum absolute atomic E-state index is 4.70. The Bertz CT molecular complexity index is 1070. The van der Waals surface area contributed by atoms with Crippen molar-refractivity contribution in [2.45, 2.75) is 32.4 Å². The predicted molar refractivity (Wildman–Crippen MR) is 102 cm³/mol. The van der Waals surface area contributed by atoms with E-state index >= 15 is 0 Å². The lowest BCUT2D eigenvalue weighted by Crippen LogP contribution is -2.24. The fourth-order valence-electron chi connectivity index (χ4n) is 3.87. The molecule has 3 aromatic heterocycles. The molecular formula is C20H21N7. The Morgan fingerprint density at radius 2 is 2.07 bits per heavy atom. The zero-order valence-corrected chi connectivity index (χ0v) is 15.2. The standard InChI is InChI=1S/C20H21N7/c1-14-23-19(25-24-14)18-8-5-9-26(18)12-15-10-21-20-17(11-22-27(20)13-15)16-6-3-2-4-7-16/h2-4,6-7,10-11,13,18H,5,8-9,12H2,1H3,(H,23,24,25)/t18-/m1/s1. The SMILES string of the molecule is Cc1nc([C@H]2CCCN2Cc2cnc3c(-c4ccccc4)cnn3c2)n[nH]1. The van der Waals surface area contributed by atoms with Gasteiger partial charge < -0.3 is 0 Å². The maximum Gasteiger partial charge on any atom is 0.167 e. The first-order chi connectivity index (χ1) is 13.3. The van der Waals surface area contributed by atoms with E-state index in [0.29, 0.717) is 0 Å². The van der Waals surface area contributed by atoms with Gasteiger partial charge in [-0.2, -0.15) is 10.2 Å². The predicted octanol–water partition coefficient (Wildman–Crippen LogP) is 3.16. The summed E-state index contributed by atoms with van der Waals surface area (Å²) in [4.78, 5) is 11.7. The van der Waals surface area contributed by atoms with Gasteiger partial charge >= 0.3 is 0 Å². The average Bonchev–Trinajstić information content (AvgIpc) is 3.42. The number of aryl methyl sites for hydroxylation is 1. The van der Waals surface area contributed by atoms with Crippen molar-refractivity contribution in [3.8, 4) is 11.1 Å². The minimum atomic E-state index is 0.267. The molecule has 5 rings (SSSR count). The summed E-state index contributed by atoms with van der Waals surface area (Å²) in [7, 11) is 0. The minimum absolute atomic E-state index is 0.267. The quantitative estimate of drug-likeness (QED) is 0.606. The Morgan fingerprint density at radius 1 is 1.19 bits per heavy atom. The van der Waals surface area contributed by atoms with Crippen LogP contribution >= 0.6 is 0 Å². The fraction of sp³-hybridized carbons (Fsp3) is 0.300. The van der Waals surface area contributed by atoms with Crippen LogP contribution in [0.15, 0.2) is 48.9 Å². The van der Waals surface area contributed by atoms with Crippen LogP contribution in [-0.2, 0) is 6.54 Å². The molecule has 0 radical (unpaired) electrons. The Labute approximate surface area is 157 Å². The third-order valence-electron chi connectivity index (χ3n) is 5.16. The molecule has 1 saturated heterocycles. The van der Waals surface area contributed by atoms with Crippen LogP contribution in [0, 0.1) is 6.92 Å². The van der Waals surface area contributed by atoms with Gasteiger partial charge in [-0.05, 0) is 31.9 Å². The molecule has 136 valence electrons. The smallest absolute Gasteiger partial charge is 0.167 e. The van der Waals surface area contributed by atoms with Gasteiger partial charge in [-0.15, -0.1) is 0 Å². The summed E-state index contributed by atoms with van der Waals surface area (Å²) in [5, 5.41) is 11.8. The van der Waals surface area contributed by atoms with Crippen LogP contribution in [0.3, 0.4) is 0 Å². The largest absolute Gasteiger partial charge is 0.289 e. The van der Waals surface area contributed by atoms with Crippen molar-refractivity contribution in [3.05, 3.63) is 66.1 Å². The summed E-state index contributed by atoms with van der Waals surface area (Å²) < 4.78 is 1.87. The molecule has 1 atom stereocenters. The van der Waals surface area contributed by atoms with Gasteiger partial charge in [0.25, 0.3) is 0 Å². The van der Waals surface area contributed by atoms with Gasteiger partial charge in [-0.25, -0.2) is 14.5 Å². The Balaban J connectivity index is 1.41. The van der Waals surface area contributed by atoms with E-state index in [4.69, 9.17) is 4.98 Å². The summed E-state index contributed by atoms with van der Waals surface area (Å²) in [5.41, 5.74) is 4.21. The molecule has 1 aliphatic rings. The number of benzene rings is 1. The van der Waals surface area contributed by atoms with Crippen molar-refractivity contribution >= 4 is 5.65 Å². The molecular weight excluding hydrogens is 338 g/mol. The molecule has 0 bridgehead atoms. The van der Waals surface area contributed by atoms with Gasteiger partial charge in [0.2, 0.25) is 0 Å². The third-order valence-corrected chi connectivity index (χ3v) is 5.16. The molecule has 4 heterocycles. The van der Waals surface area contributed by atoms with Gasteiger partial charge in [0, 0.05) is 30.1 Å². The topological polar surface area (TPSA) is 75.0 Å². The zero-order chi connectivity index (χ0) is 18.2. The summed E-state index contributed by atoms with van der Waals surface area (Å²) in [6.45, 7) is 3.81. The molecule has 0 saturated carbocycles. The van der Waals surface area contributed by atoms with E-state index in [1.807, 2.05) is 42.0 Å². The first-order valence-electron chi connectivity index (χ1n) is 9.28. The Kier molecular flexibility index (Phi) is 3.94. The third kappa shape index (κ3) is 3.00. The normalized spacial score (nSPS) is 17.7. The zero-order valence-electron chi connectivity index (χ0n) is 15.2. The Morgan fingerprint density at radius 3 is 2.89 bits per heavy atom. The van der Waals surface area contributed by atoms with Gasteiger partial charge in [0.15, 0.2) is 11.5 Å². The summed E-state index contributed by atoms with van der Waals surface area (Å²) >= 11 is 0. The number of nitrogens with zero attached hydrogens (tertiary/aromatic N) is 6. The number of hydrogen-bond acceptors (Lipinski definition) is 5. The van der Waals surface area contributed by atoms with Crippen LogP contribution in [0.25, 0.3) is 16.8 Å². The number of nitrogens with one attached hydrogen (secondary N) is 1. The molecule has 7 nitrogen and oxygen atoms in total. The molecule has 27 heavy (non-hydrogen) atoms. The minimum Gasteiger partial charge on any atom is -0.289 e. The van der Waals surface area contributed by atoms with E-state index in [2.05, 4.69) is 43.5 Å². The van der Waals surface area contributed by atoms with Gasteiger partial charge in [-0.1, -0.05) is 30.3 Å². The van der Waals surface area contributed by atoms with Crippen LogP contribution < -0.4 is 0 Å². The van der Waals surface area contributed by atoms with Crippen LogP contribution in [0.4, 0.5) is 0 Å². The van der Waals surface area contributed by atoms with E-state index in [1.165, 1.54) is 0 Å². The molecule has 1 N–H and O–H groups in total. The average molecular weight is 359 g/mol. The highest BCUT2D eigenvalue weighted by Gasteiger charge is 2.29. The molecule has 0 unspecified atom stereocenters. The highest BCUT2D eigenvalue weighted by atomic mass is 15.3. The van der Waals surface area contributed by atoms with Crippen LogP contribution in [-0.4, -0.2) is 41.2 Å². The molecule has 1 fully saturated rings. The van der Waals surface area contributed by atoms with Crippen molar-refractivity contribution in [1.82, 2.24) is 34.7 Å². The molecule has 0 spiro atoms. The second-order valence-electron chi connectivity index (χ2n) is 7.06. The number of aromatic nitrogens is 6.